The average molecular weight is 516 g/mol. The molecule has 0 saturated heterocycles. The van der Waals surface area contributed by atoms with E-state index in [2.05, 4.69) is 9.98 Å². The number of fused-ring (bicyclic) bond motifs is 1. The molecule has 0 aromatic heterocycles. The zero-order chi connectivity index (χ0) is 27.1. The van der Waals surface area contributed by atoms with Crippen molar-refractivity contribution in [3.63, 3.8) is 0 Å². The minimum Gasteiger partial charge on any atom is -0.492 e. The highest BCUT2D eigenvalue weighted by Gasteiger charge is 2.35. The Hall–Kier alpha value is -5.06. The van der Waals surface area contributed by atoms with E-state index < -0.39 is 0 Å². The van der Waals surface area contributed by atoms with Crippen LogP contribution in [-0.4, -0.2) is 54.9 Å². The van der Waals surface area contributed by atoms with Gasteiger partial charge < -0.3 is 32.4 Å². The minimum atomic E-state index is -0.324. The van der Waals surface area contributed by atoms with E-state index in [-0.39, 0.29) is 43.4 Å². The van der Waals surface area contributed by atoms with Crippen LogP contribution in [0.4, 0.5) is 0 Å². The molecule has 0 saturated carbocycles. The minimum absolute atomic E-state index is 0.00571. The number of nitrogens with zero attached hydrogens (tertiary/aromatic N) is 3. The van der Waals surface area contributed by atoms with Gasteiger partial charge in [0.2, 0.25) is 0 Å². The van der Waals surface area contributed by atoms with E-state index in [4.69, 9.17) is 32.4 Å². The van der Waals surface area contributed by atoms with Crippen LogP contribution >= 0.6 is 0 Å². The summed E-state index contributed by atoms with van der Waals surface area (Å²) in [5.41, 5.74) is 24.7. The van der Waals surface area contributed by atoms with Crippen molar-refractivity contribution in [2.75, 3.05) is 26.3 Å². The molecule has 0 atom stereocenters. The second-order valence-corrected chi connectivity index (χ2v) is 8.41. The summed E-state index contributed by atoms with van der Waals surface area (Å²) in [5, 5.41) is 0. The van der Waals surface area contributed by atoms with Gasteiger partial charge in [-0.15, -0.1) is 0 Å². The van der Waals surface area contributed by atoms with E-state index in [0.717, 1.165) is 16.7 Å². The highest BCUT2D eigenvalue weighted by Crippen LogP contribution is 2.34. The summed E-state index contributed by atoms with van der Waals surface area (Å²) in [6.07, 6.45) is 0. The van der Waals surface area contributed by atoms with Crippen LogP contribution in [0, 0.1) is 0 Å². The molecule has 4 rings (SSSR count). The summed E-state index contributed by atoms with van der Waals surface area (Å²) in [6.45, 7) is 1.22. The largest absolute Gasteiger partial charge is 0.492 e. The summed E-state index contributed by atoms with van der Waals surface area (Å²) in [5.74, 6) is 0.508. The summed E-state index contributed by atoms with van der Waals surface area (Å²) in [4.78, 5) is 34.8. The van der Waals surface area contributed by atoms with Gasteiger partial charge in [0.1, 0.15) is 24.7 Å². The SMILES string of the molecule is NC(N)=NCCOc1cccc(-c2ccc(CN3C(=O)c4ccccc4C3=O)cc2OCCN=C(N)N)c1. The number of guanidine groups is 2. The molecular formula is C27H29N7O4. The second-order valence-electron chi connectivity index (χ2n) is 8.41. The van der Waals surface area contributed by atoms with E-state index in [1.807, 2.05) is 36.4 Å². The molecule has 11 nitrogen and oxygen atoms in total. The first-order chi connectivity index (χ1) is 18.3. The number of benzene rings is 3. The molecule has 3 aromatic rings. The molecule has 3 aromatic carbocycles. The van der Waals surface area contributed by atoms with Gasteiger partial charge in [-0.05, 0) is 41.5 Å². The molecule has 0 fully saturated rings. The predicted molar refractivity (Wildman–Crippen MR) is 145 cm³/mol. The van der Waals surface area contributed by atoms with Crippen molar-refractivity contribution in [3.8, 4) is 22.6 Å². The van der Waals surface area contributed by atoms with Crippen LogP contribution < -0.4 is 32.4 Å². The number of hydrogen-bond donors (Lipinski definition) is 4. The molecule has 11 heteroatoms. The maximum absolute atomic E-state index is 12.8. The van der Waals surface area contributed by atoms with Crippen LogP contribution in [0.1, 0.15) is 26.3 Å². The van der Waals surface area contributed by atoms with E-state index in [1.165, 1.54) is 4.90 Å². The zero-order valence-electron chi connectivity index (χ0n) is 20.7. The summed E-state index contributed by atoms with van der Waals surface area (Å²) in [7, 11) is 0. The summed E-state index contributed by atoms with van der Waals surface area (Å²) in [6, 6.07) is 19.8. The number of aliphatic imine (C=N–C) groups is 2. The lowest BCUT2D eigenvalue weighted by Crippen LogP contribution is -2.29. The molecule has 1 heterocycles. The molecule has 0 radical (unpaired) electrons. The molecule has 0 bridgehead atoms. The quantitative estimate of drug-likeness (QED) is 0.128. The van der Waals surface area contributed by atoms with Crippen molar-refractivity contribution in [1.82, 2.24) is 4.90 Å². The van der Waals surface area contributed by atoms with Crippen molar-refractivity contribution in [2.45, 2.75) is 6.54 Å². The Labute approximate surface area is 219 Å². The van der Waals surface area contributed by atoms with Gasteiger partial charge >= 0.3 is 0 Å². The van der Waals surface area contributed by atoms with Gasteiger partial charge in [0.25, 0.3) is 11.8 Å². The maximum Gasteiger partial charge on any atom is 0.261 e. The van der Waals surface area contributed by atoms with Crippen molar-refractivity contribution >= 4 is 23.7 Å². The molecule has 0 spiro atoms. The molecule has 196 valence electrons. The van der Waals surface area contributed by atoms with Gasteiger partial charge in [-0.1, -0.05) is 36.4 Å². The Morgan fingerprint density at radius 2 is 1.34 bits per heavy atom. The standard InChI is InChI=1S/C27H29N7O4/c28-26(29)32-10-12-37-19-5-3-4-18(15-19)20-9-8-17(14-23(20)38-13-11-33-27(30)31)16-34-24(35)21-6-1-2-7-22(21)25(34)36/h1-9,14-15H,10-13,16H2,(H4,28,29,32)(H4,30,31,33). The predicted octanol–water partition coefficient (Wildman–Crippen LogP) is 1.45. The fourth-order valence-electron chi connectivity index (χ4n) is 4.01. The number of ether oxygens (including phenoxy) is 2. The topological polar surface area (TPSA) is 185 Å². The number of hydrogen-bond acceptors (Lipinski definition) is 6. The highest BCUT2D eigenvalue weighted by atomic mass is 16.5. The van der Waals surface area contributed by atoms with Crippen LogP contribution in [0.15, 0.2) is 76.7 Å². The van der Waals surface area contributed by atoms with E-state index in [0.29, 0.717) is 35.8 Å². The monoisotopic (exact) mass is 515 g/mol. The van der Waals surface area contributed by atoms with Crippen molar-refractivity contribution in [1.29, 1.82) is 0 Å². The van der Waals surface area contributed by atoms with Crippen LogP contribution in [0.25, 0.3) is 11.1 Å². The van der Waals surface area contributed by atoms with Crippen LogP contribution in [0.2, 0.25) is 0 Å². The van der Waals surface area contributed by atoms with E-state index in [1.54, 1.807) is 30.3 Å². The first-order valence-corrected chi connectivity index (χ1v) is 11.9. The molecule has 2 amide bonds. The number of nitrogens with two attached hydrogens (primary N) is 4. The lowest BCUT2D eigenvalue weighted by Gasteiger charge is -2.17. The Balaban J connectivity index is 1.57. The maximum atomic E-state index is 12.8. The third-order valence-electron chi connectivity index (χ3n) is 5.71. The fraction of sp³-hybridized carbons (Fsp3) is 0.185. The number of carbonyl (C=O) groups is 2. The molecular weight excluding hydrogens is 486 g/mol. The van der Waals surface area contributed by atoms with Gasteiger partial charge in [-0.2, -0.15) is 0 Å². The Bertz CT molecular complexity index is 1360. The molecule has 8 N–H and O–H groups in total. The highest BCUT2D eigenvalue weighted by molar-refractivity contribution is 6.21. The van der Waals surface area contributed by atoms with Crippen molar-refractivity contribution < 1.29 is 19.1 Å². The normalized spacial score (nSPS) is 12.2. The summed E-state index contributed by atoms with van der Waals surface area (Å²) < 4.78 is 11.8. The van der Waals surface area contributed by atoms with Crippen LogP contribution in [0.5, 0.6) is 11.5 Å². The fourth-order valence-corrected chi connectivity index (χ4v) is 4.01. The van der Waals surface area contributed by atoms with Gasteiger partial charge in [0.15, 0.2) is 11.9 Å². The third kappa shape index (κ3) is 6.19. The lowest BCUT2D eigenvalue weighted by atomic mass is 10.0. The molecule has 1 aliphatic rings. The zero-order valence-corrected chi connectivity index (χ0v) is 20.7. The Morgan fingerprint density at radius 3 is 1.97 bits per heavy atom. The van der Waals surface area contributed by atoms with Crippen LogP contribution in [-0.2, 0) is 6.54 Å². The second kappa shape index (κ2) is 11.8. The number of carbonyl (C=O) groups excluding carboxylic acids is 2. The van der Waals surface area contributed by atoms with Gasteiger partial charge in [-0.3, -0.25) is 24.5 Å². The van der Waals surface area contributed by atoms with E-state index >= 15 is 0 Å². The lowest BCUT2D eigenvalue weighted by molar-refractivity contribution is 0.0642. The first kappa shape index (κ1) is 26.0. The number of amides is 2. The Kier molecular flexibility index (Phi) is 8.07. The molecule has 0 aliphatic carbocycles. The Morgan fingerprint density at radius 1 is 0.711 bits per heavy atom. The van der Waals surface area contributed by atoms with Crippen LogP contribution in [0.3, 0.4) is 0 Å². The van der Waals surface area contributed by atoms with Gasteiger partial charge in [0.05, 0.1) is 30.8 Å². The first-order valence-electron chi connectivity index (χ1n) is 11.9. The van der Waals surface area contributed by atoms with Crippen molar-refractivity contribution in [3.05, 3.63) is 83.4 Å². The molecule has 1 aliphatic heterocycles. The van der Waals surface area contributed by atoms with Crippen molar-refractivity contribution in [2.24, 2.45) is 32.9 Å². The number of imide groups is 1. The molecule has 0 unspecified atom stereocenters. The smallest absolute Gasteiger partial charge is 0.261 e. The average Bonchev–Trinajstić information content (AvgIpc) is 3.14. The summed E-state index contributed by atoms with van der Waals surface area (Å²) >= 11 is 0. The molecule has 38 heavy (non-hydrogen) atoms. The van der Waals surface area contributed by atoms with Gasteiger partial charge in [-0.25, -0.2) is 0 Å². The van der Waals surface area contributed by atoms with Gasteiger partial charge in [0, 0.05) is 5.56 Å². The third-order valence-corrected chi connectivity index (χ3v) is 5.71. The number of rotatable bonds is 11. The van der Waals surface area contributed by atoms with E-state index in [9.17, 15) is 9.59 Å².